The Morgan fingerprint density at radius 3 is 3.00 bits per heavy atom. The molecule has 0 spiro atoms. The van der Waals surface area contributed by atoms with Crippen LogP contribution < -0.4 is 5.32 Å². The third kappa shape index (κ3) is 5.51. The Labute approximate surface area is 109 Å². The molecule has 104 valence electrons. The number of carbonyl (C=O) groups is 1. The summed E-state index contributed by atoms with van der Waals surface area (Å²) in [7, 11) is 0. The number of hydrogen-bond acceptors (Lipinski definition) is 3. The van der Waals surface area contributed by atoms with Gasteiger partial charge >= 0.3 is 6.03 Å². The zero-order chi connectivity index (χ0) is 13.2. The van der Waals surface area contributed by atoms with Gasteiger partial charge in [0, 0.05) is 19.6 Å². The van der Waals surface area contributed by atoms with Crippen molar-refractivity contribution in [1.82, 2.24) is 10.2 Å². The number of hydrogen-bond donors (Lipinski definition) is 2. The average Bonchev–Trinajstić information content (AvgIpc) is 2.39. The highest BCUT2D eigenvalue weighted by Crippen LogP contribution is 2.10. The maximum atomic E-state index is 11.8. The van der Waals surface area contributed by atoms with Crippen LogP contribution in [-0.2, 0) is 4.74 Å². The number of nitrogens with one attached hydrogen (secondary N) is 1. The number of ether oxygens (including phenoxy) is 1. The van der Waals surface area contributed by atoms with Crippen LogP contribution in [0.3, 0.4) is 0 Å². The molecule has 5 nitrogen and oxygen atoms in total. The lowest BCUT2D eigenvalue weighted by Gasteiger charge is -2.22. The van der Waals surface area contributed by atoms with Crippen molar-refractivity contribution in [1.29, 1.82) is 0 Å². The highest BCUT2D eigenvalue weighted by Gasteiger charge is 2.11. The van der Waals surface area contributed by atoms with E-state index in [-0.39, 0.29) is 12.6 Å². The average molecular weight is 256 g/mol. The summed E-state index contributed by atoms with van der Waals surface area (Å²) in [6.45, 7) is 5.23. The van der Waals surface area contributed by atoms with Crippen LogP contribution in [0.25, 0.3) is 0 Å². The first-order valence-corrected chi connectivity index (χ1v) is 6.67. The Morgan fingerprint density at radius 2 is 2.39 bits per heavy atom. The predicted molar refractivity (Wildman–Crippen MR) is 70.5 cm³/mol. The fourth-order valence-corrected chi connectivity index (χ4v) is 1.94. The van der Waals surface area contributed by atoms with Gasteiger partial charge in [0.25, 0.3) is 0 Å². The van der Waals surface area contributed by atoms with E-state index >= 15 is 0 Å². The van der Waals surface area contributed by atoms with Gasteiger partial charge in [0.2, 0.25) is 0 Å². The van der Waals surface area contributed by atoms with Crippen molar-refractivity contribution in [2.45, 2.75) is 26.2 Å². The molecule has 0 saturated heterocycles. The summed E-state index contributed by atoms with van der Waals surface area (Å²) in [6, 6.07) is -0.0847. The minimum atomic E-state index is -0.0847. The fourth-order valence-electron chi connectivity index (χ4n) is 1.94. The lowest BCUT2D eigenvalue weighted by atomic mass is 10.1. The molecule has 0 unspecified atom stereocenters. The summed E-state index contributed by atoms with van der Waals surface area (Å²) in [5.74, 6) is 0. The topological polar surface area (TPSA) is 61.8 Å². The van der Waals surface area contributed by atoms with Crippen molar-refractivity contribution >= 4 is 6.03 Å². The monoisotopic (exact) mass is 256 g/mol. The van der Waals surface area contributed by atoms with Crippen molar-refractivity contribution in [3.05, 3.63) is 11.6 Å². The molecule has 1 rings (SSSR count). The first kappa shape index (κ1) is 15.0. The Bertz CT molecular complexity index is 273. The van der Waals surface area contributed by atoms with E-state index in [0.29, 0.717) is 26.2 Å². The van der Waals surface area contributed by atoms with Crippen LogP contribution >= 0.6 is 0 Å². The summed E-state index contributed by atoms with van der Waals surface area (Å²) >= 11 is 0. The van der Waals surface area contributed by atoms with Crippen LogP contribution in [0.1, 0.15) is 26.2 Å². The van der Waals surface area contributed by atoms with Crippen LogP contribution in [0, 0.1) is 0 Å². The number of carbonyl (C=O) groups excluding carboxylic acids is 1. The van der Waals surface area contributed by atoms with Gasteiger partial charge in [0.15, 0.2) is 0 Å². The van der Waals surface area contributed by atoms with E-state index in [9.17, 15) is 4.79 Å². The first-order valence-electron chi connectivity index (χ1n) is 6.67. The molecule has 1 aliphatic heterocycles. The zero-order valence-electron chi connectivity index (χ0n) is 11.2. The van der Waals surface area contributed by atoms with Crippen LogP contribution in [0.5, 0.6) is 0 Å². The van der Waals surface area contributed by atoms with Gasteiger partial charge in [-0.2, -0.15) is 0 Å². The SMILES string of the molecule is CCCN(CCO)C(=O)NCCC1=CCOCC1. The molecule has 1 aliphatic rings. The third-order valence-electron chi connectivity index (χ3n) is 2.93. The summed E-state index contributed by atoms with van der Waals surface area (Å²) in [4.78, 5) is 13.5. The molecule has 0 aromatic heterocycles. The van der Waals surface area contributed by atoms with Gasteiger partial charge in [-0.25, -0.2) is 4.79 Å². The Morgan fingerprint density at radius 1 is 1.56 bits per heavy atom. The summed E-state index contributed by atoms with van der Waals surface area (Å²) < 4.78 is 5.23. The lowest BCUT2D eigenvalue weighted by Crippen LogP contribution is -2.42. The molecule has 2 N–H and O–H groups in total. The maximum Gasteiger partial charge on any atom is 0.317 e. The number of rotatable bonds is 7. The molecule has 5 heteroatoms. The van der Waals surface area contributed by atoms with Crippen molar-refractivity contribution in [2.75, 3.05) is 39.5 Å². The van der Waals surface area contributed by atoms with E-state index in [1.54, 1.807) is 4.90 Å². The third-order valence-corrected chi connectivity index (χ3v) is 2.93. The maximum absolute atomic E-state index is 11.8. The van der Waals surface area contributed by atoms with Gasteiger partial charge in [-0.15, -0.1) is 0 Å². The second-order valence-electron chi connectivity index (χ2n) is 4.38. The fraction of sp³-hybridized carbons (Fsp3) is 0.769. The summed E-state index contributed by atoms with van der Waals surface area (Å²) in [5, 5.41) is 11.8. The van der Waals surface area contributed by atoms with Crippen molar-refractivity contribution < 1.29 is 14.6 Å². The number of aliphatic hydroxyl groups excluding tert-OH is 1. The highest BCUT2D eigenvalue weighted by molar-refractivity contribution is 5.74. The minimum absolute atomic E-state index is 0.00983. The molecular formula is C13H24N2O3. The normalized spacial score (nSPS) is 15.1. The summed E-state index contributed by atoms with van der Waals surface area (Å²) in [6.07, 6.45) is 4.84. The zero-order valence-corrected chi connectivity index (χ0v) is 11.2. The van der Waals surface area contributed by atoms with E-state index in [4.69, 9.17) is 9.84 Å². The quantitative estimate of drug-likeness (QED) is 0.671. The van der Waals surface area contributed by atoms with Crippen LogP contribution in [0.2, 0.25) is 0 Å². The molecule has 18 heavy (non-hydrogen) atoms. The van der Waals surface area contributed by atoms with Gasteiger partial charge in [0.05, 0.1) is 19.8 Å². The molecule has 2 amide bonds. The largest absolute Gasteiger partial charge is 0.395 e. The van der Waals surface area contributed by atoms with Gasteiger partial charge in [-0.05, 0) is 19.3 Å². The smallest absolute Gasteiger partial charge is 0.317 e. The first-order chi connectivity index (χ1) is 8.77. The predicted octanol–water partition coefficient (Wildman–Crippen LogP) is 1.14. The number of amides is 2. The van der Waals surface area contributed by atoms with E-state index in [1.807, 2.05) is 6.92 Å². The van der Waals surface area contributed by atoms with E-state index in [0.717, 1.165) is 25.9 Å². The van der Waals surface area contributed by atoms with E-state index in [2.05, 4.69) is 11.4 Å². The Hall–Kier alpha value is -1.07. The molecule has 1 heterocycles. The molecule has 0 atom stereocenters. The van der Waals surface area contributed by atoms with Gasteiger partial charge < -0.3 is 20.1 Å². The lowest BCUT2D eigenvalue weighted by molar-refractivity contribution is 0.153. The van der Waals surface area contributed by atoms with Gasteiger partial charge in [-0.3, -0.25) is 0 Å². The van der Waals surface area contributed by atoms with Crippen molar-refractivity contribution in [3.8, 4) is 0 Å². The van der Waals surface area contributed by atoms with Gasteiger partial charge in [0.1, 0.15) is 0 Å². The van der Waals surface area contributed by atoms with E-state index < -0.39 is 0 Å². The Balaban J connectivity index is 2.23. The second-order valence-corrected chi connectivity index (χ2v) is 4.38. The number of aliphatic hydroxyl groups is 1. The summed E-state index contributed by atoms with van der Waals surface area (Å²) in [5.41, 5.74) is 1.35. The molecule has 0 saturated carbocycles. The van der Waals surface area contributed by atoms with Crippen LogP contribution in [0.15, 0.2) is 11.6 Å². The van der Waals surface area contributed by atoms with Crippen LogP contribution in [-0.4, -0.2) is 55.5 Å². The Kier molecular flexibility index (Phi) is 7.44. The molecule has 0 bridgehead atoms. The van der Waals surface area contributed by atoms with Crippen LogP contribution in [0.4, 0.5) is 4.79 Å². The molecule has 0 fully saturated rings. The molecule has 0 radical (unpaired) electrons. The minimum Gasteiger partial charge on any atom is -0.395 e. The molecular weight excluding hydrogens is 232 g/mol. The van der Waals surface area contributed by atoms with Crippen molar-refractivity contribution in [2.24, 2.45) is 0 Å². The number of nitrogens with zero attached hydrogens (tertiary/aromatic N) is 1. The van der Waals surface area contributed by atoms with E-state index in [1.165, 1.54) is 5.57 Å². The number of urea groups is 1. The van der Waals surface area contributed by atoms with Gasteiger partial charge in [-0.1, -0.05) is 18.6 Å². The second kappa shape index (κ2) is 8.94. The molecule has 0 aromatic carbocycles. The van der Waals surface area contributed by atoms with Crippen molar-refractivity contribution in [3.63, 3.8) is 0 Å². The molecule has 0 aliphatic carbocycles. The standard InChI is InChI=1S/C13H24N2O3/c1-2-7-15(8-9-16)13(17)14-6-3-12-4-10-18-11-5-12/h4,16H,2-3,5-11H2,1H3,(H,14,17). The highest BCUT2D eigenvalue weighted by atomic mass is 16.5. The molecule has 0 aromatic rings.